The van der Waals surface area contributed by atoms with E-state index in [1.165, 1.54) is 0 Å². The maximum Gasteiger partial charge on any atom is 0.379 e. The quantitative estimate of drug-likeness (QED) is 0.474. The summed E-state index contributed by atoms with van der Waals surface area (Å²) < 4.78 is 9.99. The summed E-state index contributed by atoms with van der Waals surface area (Å²) in [4.78, 5) is 35.9. The molecule has 2 N–H and O–H groups in total. The topological polar surface area (TPSA) is 110 Å². The second-order valence-electron chi connectivity index (χ2n) is 5.90. The summed E-state index contributed by atoms with van der Waals surface area (Å²) in [5.41, 5.74) is -0.726. The third-order valence-electron chi connectivity index (χ3n) is 4.60. The Kier molecular flexibility index (Phi) is 7.15. The van der Waals surface area contributed by atoms with Gasteiger partial charge < -0.3 is 19.7 Å². The summed E-state index contributed by atoms with van der Waals surface area (Å²) >= 11 is 0. The molecule has 0 aliphatic carbocycles. The number of carbonyl (C=O) groups excluding carboxylic acids is 3. The first kappa shape index (κ1) is 19.6. The van der Waals surface area contributed by atoms with E-state index < -0.39 is 48.1 Å². The normalized spacial score (nSPS) is 22.8. The first-order valence-corrected chi connectivity index (χ1v) is 8.11. The fourth-order valence-corrected chi connectivity index (χ4v) is 2.76. The average molecular weight is 330 g/mol. The largest absolute Gasteiger partial charge is 0.449 e. The number of cyclic esters (lactones) is 1. The smallest absolute Gasteiger partial charge is 0.379 e. The van der Waals surface area contributed by atoms with Crippen molar-refractivity contribution in [3.8, 4) is 0 Å². The maximum atomic E-state index is 12.6. The Bertz CT molecular complexity index is 442. The van der Waals surface area contributed by atoms with Crippen molar-refractivity contribution in [2.24, 2.45) is 5.41 Å². The van der Waals surface area contributed by atoms with Gasteiger partial charge in [-0.2, -0.15) is 0 Å². The van der Waals surface area contributed by atoms with Crippen LogP contribution in [0.3, 0.4) is 0 Å². The van der Waals surface area contributed by atoms with Crippen LogP contribution in [0.4, 0.5) is 0 Å². The number of hydrogen-bond donors (Lipinski definition) is 2. The standard InChI is InChI=1S/C16H26O7/c1-4-7-8-16(5-2,6-3)15(21)23-13-11(19)14(20)22-12(13)10(18)9-17/h10,12-13,17-18H,4-9H2,1-3H3/t10-,12+,13?/m0/s1. The van der Waals surface area contributed by atoms with E-state index in [0.29, 0.717) is 19.3 Å². The summed E-state index contributed by atoms with van der Waals surface area (Å²) in [5.74, 6) is -2.73. The van der Waals surface area contributed by atoms with Gasteiger partial charge in [-0.25, -0.2) is 4.79 Å². The minimum absolute atomic E-state index is 0.547. The molecule has 0 bridgehead atoms. The van der Waals surface area contributed by atoms with Gasteiger partial charge in [0.15, 0.2) is 6.10 Å². The Hall–Kier alpha value is -1.47. The Morgan fingerprint density at radius 1 is 1.30 bits per heavy atom. The highest BCUT2D eigenvalue weighted by Gasteiger charge is 2.51. The minimum atomic E-state index is -1.50. The highest BCUT2D eigenvalue weighted by molar-refractivity contribution is 6.37. The van der Waals surface area contributed by atoms with Gasteiger partial charge in [0.2, 0.25) is 6.10 Å². The molecule has 7 nitrogen and oxygen atoms in total. The first-order valence-electron chi connectivity index (χ1n) is 8.11. The lowest BCUT2D eigenvalue weighted by Crippen LogP contribution is -2.45. The van der Waals surface area contributed by atoms with Crippen LogP contribution in [0.2, 0.25) is 0 Å². The third kappa shape index (κ3) is 4.09. The number of ketones is 1. The fraction of sp³-hybridized carbons (Fsp3) is 0.812. The molecule has 1 saturated heterocycles. The highest BCUT2D eigenvalue weighted by Crippen LogP contribution is 2.35. The molecule has 0 aromatic rings. The van der Waals surface area contributed by atoms with Crippen LogP contribution in [-0.2, 0) is 23.9 Å². The average Bonchev–Trinajstić information content (AvgIpc) is 2.84. The van der Waals surface area contributed by atoms with Crippen LogP contribution in [0.1, 0.15) is 52.9 Å². The van der Waals surface area contributed by atoms with Gasteiger partial charge in [-0.3, -0.25) is 9.59 Å². The number of rotatable bonds is 9. The lowest BCUT2D eigenvalue weighted by Gasteiger charge is -2.31. The van der Waals surface area contributed by atoms with E-state index in [-0.39, 0.29) is 0 Å². The summed E-state index contributed by atoms with van der Waals surface area (Å²) in [5, 5.41) is 18.7. The summed E-state index contributed by atoms with van der Waals surface area (Å²) in [6.07, 6.45) is -0.859. The number of carbonyl (C=O) groups is 3. The molecular weight excluding hydrogens is 304 g/mol. The molecule has 1 fully saturated rings. The van der Waals surface area contributed by atoms with Gasteiger partial charge in [0.05, 0.1) is 12.0 Å². The minimum Gasteiger partial charge on any atom is -0.449 e. The number of ether oxygens (including phenoxy) is 2. The van der Waals surface area contributed by atoms with Crippen molar-refractivity contribution in [2.75, 3.05) is 6.61 Å². The van der Waals surface area contributed by atoms with Crippen LogP contribution < -0.4 is 0 Å². The monoisotopic (exact) mass is 330 g/mol. The van der Waals surface area contributed by atoms with Crippen molar-refractivity contribution >= 4 is 17.7 Å². The van der Waals surface area contributed by atoms with Crippen LogP contribution >= 0.6 is 0 Å². The zero-order valence-electron chi connectivity index (χ0n) is 13.9. The lowest BCUT2D eigenvalue weighted by atomic mass is 9.78. The van der Waals surface area contributed by atoms with Crippen molar-refractivity contribution in [3.05, 3.63) is 0 Å². The van der Waals surface area contributed by atoms with Crippen molar-refractivity contribution in [1.82, 2.24) is 0 Å². The summed E-state index contributed by atoms with van der Waals surface area (Å²) in [6, 6.07) is 0. The first-order chi connectivity index (χ1) is 10.9. The Morgan fingerprint density at radius 2 is 1.91 bits per heavy atom. The van der Waals surface area contributed by atoms with E-state index in [4.69, 9.17) is 14.6 Å². The van der Waals surface area contributed by atoms with Crippen LogP contribution in [0, 0.1) is 5.41 Å². The molecule has 3 atom stereocenters. The molecule has 0 aromatic heterocycles. The molecule has 0 radical (unpaired) electrons. The second kappa shape index (κ2) is 8.40. The van der Waals surface area contributed by atoms with E-state index in [1.807, 2.05) is 20.8 Å². The predicted octanol–water partition coefficient (Wildman–Crippen LogP) is 0.742. The van der Waals surface area contributed by atoms with Gasteiger partial charge in [-0.15, -0.1) is 0 Å². The van der Waals surface area contributed by atoms with E-state index in [9.17, 15) is 19.5 Å². The van der Waals surface area contributed by atoms with Crippen molar-refractivity contribution in [3.63, 3.8) is 0 Å². The molecule has 0 saturated carbocycles. The van der Waals surface area contributed by atoms with Gasteiger partial charge in [0, 0.05) is 0 Å². The van der Waals surface area contributed by atoms with Crippen molar-refractivity contribution < 1.29 is 34.1 Å². The van der Waals surface area contributed by atoms with E-state index in [0.717, 1.165) is 12.8 Å². The lowest BCUT2D eigenvalue weighted by molar-refractivity contribution is -0.172. The SMILES string of the molecule is CCCCC(CC)(CC)C(=O)OC1C(=O)C(=O)O[C@@H]1[C@@H](O)CO. The molecule has 0 aromatic carbocycles. The van der Waals surface area contributed by atoms with Gasteiger partial charge >= 0.3 is 11.9 Å². The molecule has 0 spiro atoms. The summed E-state index contributed by atoms with van der Waals surface area (Å²) in [7, 11) is 0. The zero-order chi connectivity index (χ0) is 17.6. The maximum absolute atomic E-state index is 12.6. The van der Waals surface area contributed by atoms with Crippen molar-refractivity contribution in [1.29, 1.82) is 0 Å². The van der Waals surface area contributed by atoms with Crippen LogP contribution in [-0.4, -0.2) is 52.9 Å². The Balaban J connectivity index is 2.94. The van der Waals surface area contributed by atoms with Crippen LogP contribution in [0.15, 0.2) is 0 Å². The Labute approximate surface area is 136 Å². The molecular formula is C16H26O7. The molecule has 1 aliphatic heterocycles. The molecule has 1 unspecified atom stereocenters. The number of esters is 2. The molecule has 0 amide bonds. The second-order valence-corrected chi connectivity index (χ2v) is 5.90. The van der Waals surface area contributed by atoms with Gasteiger partial charge in [-0.05, 0) is 19.3 Å². The molecule has 1 aliphatic rings. The molecule has 7 heteroatoms. The Morgan fingerprint density at radius 3 is 2.39 bits per heavy atom. The van der Waals surface area contributed by atoms with Crippen LogP contribution in [0.5, 0.6) is 0 Å². The van der Waals surface area contributed by atoms with Crippen LogP contribution in [0.25, 0.3) is 0 Å². The molecule has 23 heavy (non-hydrogen) atoms. The zero-order valence-corrected chi connectivity index (χ0v) is 13.9. The summed E-state index contributed by atoms with van der Waals surface area (Å²) in [6.45, 7) is 5.06. The number of aliphatic hydroxyl groups excluding tert-OH is 2. The molecule has 1 rings (SSSR count). The van der Waals surface area contributed by atoms with E-state index >= 15 is 0 Å². The predicted molar refractivity (Wildman–Crippen MR) is 80.4 cm³/mol. The number of Topliss-reactive ketones (excluding diaryl/α,β-unsaturated/α-hetero) is 1. The van der Waals surface area contributed by atoms with Gasteiger partial charge in [0.1, 0.15) is 6.10 Å². The van der Waals surface area contributed by atoms with Gasteiger partial charge in [0.25, 0.3) is 5.78 Å². The number of hydrogen-bond acceptors (Lipinski definition) is 7. The molecule has 132 valence electrons. The fourth-order valence-electron chi connectivity index (χ4n) is 2.76. The van der Waals surface area contributed by atoms with E-state index in [1.54, 1.807) is 0 Å². The highest BCUT2D eigenvalue weighted by atomic mass is 16.6. The third-order valence-corrected chi connectivity index (χ3v) is 4.60. The number of unbranched alkanes of at least 4 members (excludes halogenated alkanes) is 1. The molecule has 1 heterocycles. The van der Waals surface area contributed by atoms with E-state index in [2.05, 4.69) is 0 Å². The number of aliphatic hydroxyl groups is 2. The van der Waals surface area contributed by atoms with Gasteiger partial charge in [-0.1, -0.05) is 33.6 Å². The van der Waals surface area contributed by atoms with Crippen molar-refractivity contribution in [2.45, 2.75) is 71.2 Å².